The number of hydrogen-bond acceptors (Lipinski definition) is 7. The molecule has 0 spiro atoms. The molecule has 0 N–H and O–H groups in total. The van der Waals surface area contributed by atoms with Gasteiger partial charge in [-0.1, -0.05) is 42.1 Å². The summed E-state index contributed by atoms with van der Waals surface area (Å²) in [5.74, 6) is 3.05. The van der Waals surface area contributed by atoms with Gasteiger partial charge in [-0.05, 0) is 37.3 Å². The topological polar surface area (TPSA) is 82.6 Å². The van der Waals surface area contributed by atoms with Gasteiger partial charge in [0.2, 0.25) is 5.91 Å². The molecule has 0 saturated heterocycles. The van der Waals surface area contributed by atoms with Crippen LogP contribution >= 0.6 is 11.8 Å². The number of likely N-dealkylation sites (N-methyl/N-ethyl adjacent to an activating group) is 1. The largest absolute Gasteiger partial charge is 0.486 e. The van der Waals surface area contributed by atoms with E-state index in [1.54, 1.807) is 18.2 Å². The number of rotatable bonds is 7. The second kappa shape index (κ2) is 9.64. The average Bonchev–Trinajstić information content (AvgIpc) is 3.48. The summed E-state index contributed by atoms with van der Waals surface area (Å²) in [5.41, 5.74) is 1.78. The van der Waals surface area contributed by atoms with Gasteiger partial charge >= 0.3 is 0 Å². The molecule has 0 aliphatic carbocycles. The Morgan fingerprint density at radius 1 is 1.09 bits per heavy atom. The molecule has 8 nitrogen and oxygen atoms in total. The van der Waals surface area contributed by atoms with Gasteiger partial charge in [0.05, 0.1) is 24.1 Å². The van der Waals surface area contributed by atoms with Crippen molar-refractivity contribution in [2.24, 2.45) is 0 Å². The number of fused-ring (bicyclic) bond motifs is 1. The van der Waals surface area contributed by atoms with Gasteiger partial charge in [0, 0.05) is 12.7 Å². The zero-order valence-corrected chi connectivity index (χ0v) is 19.7. The number of carbonyl (C=O) groups is 1. The van der Waals surface area contributed by atoms with Crippen molar-refractivity contribution in [3.05, 3.63) is 72.7 Å². The highest BCUT2D eigenvalue weighted by atomic mass is 32.2. The van der Waals surface area contributed by atoms with Crippen molar-refractivity contribution in [1.82, 2.24) is 19.7 Å². The van der Waals surface area contributed by atoms with E-state index in [-0.39, 0.29) is 17.8 Å². The van der Waals surface area contributed by atoms with Crippen LogP contribution in [0.2, 0.25) is 0 Å². The van der Waals surface area contributed by atoms with Crippen LogP contribution in [-0.2, 0) is 4.79 Å². The molecule has 0 fully saturated rings. The molecule has 4 aromatic rings. The van der Waals surface area contributed by atoms with Gasteiger partial charge in [0.1, 0.15) is 12.4 Å². The van der Waals surface area contributed by atoms with Crippen molar-refractivity contribution < 1.29 is 18.7 Å². The molecule has 9 heteroatoms. The maximum absolute atomic E-state index is 12.9. The molecule has 1 amide bonds. The Kier molecular flexibility index (Phi) is 6.27. The van der Waals surface area contributed by atoms with Gasteiger partial charge < -0.3 is 18.8 Å². The Balaban J connectivity index is 1.28. The van der Waals surface area contributed by atoms with E-state index in [4.69, 9.17) is 13.9 Å². The fourth-order valence-electron chi connectivity index (χ4n) is 3.76. The fourth-order valence-corrected chi connectivity index (χ4v) is 4.65. The van der Waals surface area contributed by atoms with Crippen LogP contribution in [0.4, 0.5) is 0 Å². The molecule has 5 rings (SSSR count). The molecule has 0 unspecified atom stereocenters. The first-order valence-electron chi connectivity index (χ1n) is 10.9. The molecule has 2 aromatic carbocycles. The number of nitrogens with zero attached hydrogens (tertiary/aromatic N) is 4. The quantitative estimate of drug-likeness (QED) is 0.369. The number of thioether (sulfide) groups is 1. The van der Waals surface area contributed by atoms with Gasteiger partial charge in [0.25, 0.3) is 0 Å². The third-order valence-electron chi connectivity index (χ3n) is 5.54. The molecule has 0 saturated carbocycles. The molecule has 174 valence electrons. The van der Waals surface area contributed by atoms with Crippen molar-refractivity contribution in [3.63, 3.8) is 0 Å². The number of aromatic nitrogens is 3. The lowest BCUT2D eigenvalue weighted by molar-refractivity contribution is -0.128. The lowest BCUT2D eigenvalue weighted by Gasteiger charge is -2.29. The lowest BCUT2D eigenvalue weighted by atomic mass is 10.2. The normalized spacial score (nSPS) is 14.7. The van der Waals surface area contributed by atoms with Gasteiger partial charge in [-0.15, -0.1) is 10.2 Å². The Labute approximate surface area is 201 Å². The lowest BCUT2D eigenvalue weighted by Crippen LogP contribution is -2.42. The van der Waals surface area contributed by atoms with Crippen molar-refractivity contribution >= 4 is 17.7 Å². The van der Waals surface area contributed by atoms with Crippen LogP contribution in [0.3, 0.4) is 0 Å². The smallest absolute Gasteiger partial charge is 0.232 e. The highest BCUT2D eigenvalue weighted by Crippen LogP contribution is 2.32. The molecular formula is C25H24N4O4S. The second-order valence-corrected chi connectivity index (χ2v) is 8.87. The van der Waals surface area contributed by atoms with Crippen molar-refractivity contribution in [1.29, 1.82) is 0 Å². The summed E-state index contributed by atoms with van der Waals surface area (Å²) < 4.78 is 19.2. The van der Waals surface area contributed by atoms with Gasteiger partial charge in [0.15, 0.2) is 28.6 Å². The number of amides is 1. The van der Waals surface area contributed by atoms with E-state index in [9.17, 15) is 4.79 Å². The zero-order chi connectivity index (χ0) is 23.5. The summed E-state index contributed by atoms with van der Waals surface area (Å²) in [6.07, 6.45) is 1.41. The third-order valence-corrected chi connectivity index (χ3v) is 6.46. The highest BCUT2D eigenvalue weighted by molar-refractivity contribution is 7.99. The number of hydrogen-bond donors (Lipinski definition) is 0. The Bertz CT molecular complexity index is 1290. The maximum Gasteiger partial charge on any atom is 0.232 e. The van der Waals surface area contributed by atoms with E-state index >= 15 is 0 Å². The summed E-state index contributed by atoms with van der Waals surface area (Å²) in [6, 6.07) is 19.3. The molecule has 1 aliphatic heterocycles. The van der Waals surface area contributed by atoms with Crippen LogP contribution < -0.4 is 9.47 Å². The van der Waals surface area contributed by atoms with Crippen LogP contribution in [0.5, 0.6) is 11.5 Å². The van der Waals surface area contributed by atoms with E-state index in [2.05, 4.69) is 10.2 Å². The van der Waals surface area contributed by atoms with Crippen LogP contribution in [0.15, 0.2) is 76.5 Å². The Morgan fingerprint density at radius 3 is 2.62 bits per heavy atom. The third kappa shape index (κ3) is 4.51. The average molecular weight is 477 g/mol. The standard InChI is InChI=1S/C25H24N4O4S/c1-17-20(12-13-31-17)24-26-27-25(29(24)18-8-4-3-5-9-18)34-16-23(30)28(2)14-19-15-32-21-10-6-7-11-22(21)33-19/h3-13,19H,14-16H2,1-2H3/t19-/m0/s1. The van der Waals surface area contributed by atoms with E-state index in [0.717, 1.165) is 22.8 Å². The highest BCUT2D eigenvalue weighted by Gasteiger charge is 2.25. The summed E-state index contributed by atoms with van der Waals surface area (Å²) in [7, 11) is 1.77. The molecule has 0 radical (unpaired) electrons. The minimum atomic E-state index is -0.225. The first-order valence-corrected chi connectivity index (χ1v) is 11.9. The first-order chi connectivity index (χ1) is 16.6. The number of para-hydroxylation sites is 3. The first kappa shape index (κ1) is 22.1. The number of carbonyl (C=O) groups excluding carboxylic acids is 1. The molecular weight excluding hydrogens is 452 g/mol. The van der Waals surface area contributed by atoms with Gasteiger partial charge in [-0.2, -0.15) is 0 Å². The van der Waals surface area contributed by atoms with E-state index < -0.39 is 0 Å². The maximum atomic E-state index is 12.9. The monoisotopic (exact) mass is 476 g/mol. The summed E-state index contributed by atoms with van der Waals surface area (Å²) >= 11 is 1.35. The van der Waals surface area contributed by atoms with Crippen molar-refractivity contribution in [2.45, 2.75) is 18.2 Å². The van der Waals surface area contributed by atoms with Crippen LogP contribution in [0, 0.1) is 6.92 Å². The van der Waals surface area contributed by atoms with Crippen LogP contribution in [0.25, 0.3) is 17.1 Å². The fraction of sp³-hybridized carbons (Fsp3) is 0.240. The van der Waals surface area contributed by atoms with Crippen LogP contribution in [0.1, 0.15) is 5.76 Å². The van der Waals surface area contributed by atoms with Crippen LogP contribution in [-0.4, -0.2) is 57.6 Å². The summed E-state index contributed by atoms with van der Waals surface area (Å²) in [6.45, 7) is 2.72. The number of furan rings is 1. The van der Waals surface area contributed by atoms with E-state index in [1.165, 1.54) is 11.8 Å². The molecule has 34 heavy (non-hydrogen) atoms. The number of aryl methyl sites for hydroxylation is 1. The predicted molar refractivity (Wildman–Crippen MR) is 129 cm³/mol. The Hall–Kier alpha value is -3.72. The minimum Gasteiger partial charge on any atom is -0.486 e. The molecule has 2 aromatic heterocycles. The molecule has 1 atom stereocenters. The predicted octanol–water partition coefficient (Wildman–Crippen LogP) is 4.23. The summed E-state index contributed by atoms with van der Waals surface area (Å²) in [5, 5.41) is 9.42. The number of benzene rings is 2. The SMILES string of the molecule is Cc1occc1-c1nnc(SCC(=O)N(C)C[C@H]2COc3ccccc3O2)n1-c1ccccc1. The number of ether oxygens (including phenoxy) is 2. The second-order valence-electron chi connectivity index (χ2n) is 7.93. The minimum absolute atomic E-state index is 0.0314. The van der Waals surface area contributed by atoms with Gasteiger partial charge in [-0.3, -0.25) is 9.36 Å². The molecule has 1 aliphatic rings. The zero-order valence-electron chi connectivity index (χ0n) is 18.9. The van der Waals surface area contributed by atoms with Crippen molar-refractivity contribution in [3.8, 4) is 28.6 Å². The Morgan fingerprint density at radius 2 is 1.85 bits per heavy atom. The molecule has 0 bridgehead atoms. The van der Waals surface area contributed by atoms with Gasteiger partial charge in [-0.25, -0.2) is 0 Å². The summed E-state index contributed by atoms with van der Waals surface area (Å²) in [4.78, 5) is 14.6. The van der Waals surface area contributed by atoms with Crippen molar-refractivity contribution in [2.75, 3.05) is 26.0 Å². The molecule has 3 heterocycles. The van der Waals surface area contributed by atoms with E-state index in [1.807, 2.05) is 72.2 Å². The van der Waals surface area contributed by atoms with E-state index in [0.29, 0.717) is 29.9 Å².